The molecule has 0 saturated carbocycles. The van der Waals surface area contributed by atoms with Gasteiger partial charge in [-0.15, -0.1) is 0 Å². The highest BCUT2D eigenvalue weighted by atomic mass is 16.6. The summed E-state index contributed by atoms with van der Waals surface area (Å²) in [5.41, 5.74) is 2.34. The standard InChI is InChI=1S/C20H29N3O3/c1-20(2,3)26-19(25)23-13-15-9-7-10-17(16(15)14-23)22(6)18(24)11-8-12-21(4)5/h7-11H,12-14H2,1-6H3/b11-8+. The Morgan fingerprint density at radius 2 is 1.88 bits per heavy atom. The summed E-state index contributed by atoms with van der Waals surface area (Å²) in [5, 5.41) is 0. The second-order valence-corrected chi connectivity index (χ2v) is 7.81. The van der Waals surface area contributed by atoms with Crippen molar-refractivity contribution < 1.29 is 14.3 Å². The first-order valence-corrected chi connectivity index (χ1v) is 8.76. The molecule has 0 N–H and O–H groups in total. The van der Waals surface area contributed by atoms with Gasteiger partial charge in [-0.3, -0.25) is 9.69 Å². The lowest BCUT2D eigenvalue weighted by Gasteiger charge is -2.24. The van der Waals surface area contributed by atoms with E-state index in [1.165, 1.54) is 0 Å². The number of hydrogen-bond acceptors (Lipinski definition) is 4. The molecule has 1 aromatic carbocycles. The molecule has 6 heteroatoms. The molecule has 2 rings (SSSR count). The van der Waals surface area contributed by atoms with E-state index in [4.69, 9.17) is 4.74 Å². The number of carbonyl (C=O) groups is 2. The highest BCUT2D eigenvalue weighted by Gasteiger charge is 2.30. The van der Waals surface area contributed by atoms with E-state index in [0.29, 0.717) is 19.6 Å². The summed E-state index contributed by atoms with van der Waals surface area (Å²) >= 11 is 0. The number of hydrogen-bond donors (Lipinski definition) is 0. The van der Waals surface area contributed by atoms with Gasteiger partial charge in [0.15, 0.2) is 0 Å². The second-order valence-electron chi connectivity index (χ2n) is 7.81. The second kappa shape index (κ2) is 7.91. The maximum Gasteiger partial charge on any atom is 0.410 e. The summed E-state index contributed by atoms with van der Waals surface area (Å²) in [4.78, 5) is 30.1. The molecule has 0 bridgehead atoms. The zero-order valence-corrected chi connectivity index (χ0v) is 16.6. The molecule has 0 unspecified atom stereocenters. The quantitative estimate of drug-likeness (QED) is 0.776. The van der Waals surface area contributed by atoms with E-state index in [1.54, 1.807) is 22.9 Å². The lowest BCUT2D eigenvalue weighted by molar-refractivity contribution is -0.113. The summed E-state index contributed by atoms with van der Waals surface area (Å²) in [5.74, 6) is -0.0871. The Morgan fingerprint density at radius 3 is 2.50 bits per heavy atom. The molecule has 1 aliphatic rings. The number of ether oxygens (including phenoxy) is 1. The third kappa shape index (κ3) is 5.08. The number of fused-ring (bicyclic) bond motifs is 1. The largest absolute Gasteiger partial charge is 0.444 e. The van der Waals surface area contributed by atoms with Crippen LogP contribution >= 0.6 is 0 Å². The molecule has 2 amide bonds. The van der Waals surface area contributed by atoms with Crippen LogP contribution < -0.4 is 4.90 Å². The number of nitrogens with zero attached hydrogens (tertiary/aromatic N) is 3. The molecule has 0 spiro atoms. The van der Waals surface area contributed by atoms with Gasteiger partial charge in [-0.1, -0.05) is 18.2 Å². The number of amides is 2. The average molecular weight is 359 g/mol. The van der Waals surface area contributed by atoms with Crippen molar-refractivity contribution in [3.63, 3.8) is 0 Å². The molecule has 0 saturated heterocycles. The van der Waals surface area contributed by atoms with Crippen LogP contribution in [0, 0.1) is 0 Å². The normalized spacial score (nSPS) is 14.0. The van der Waals surface area contributed by atoms with Crippen LogP contribution in [0.2, 0.25) is 0 Å². The third-order valence-corrected chi connectivity index (χ3v) is 4.03. The van der Waals surface area contributed by atoms with Gasteiger partial charge in [0.1, 0.15) is 5.60 Å². The van der Waals surface area contributed by atoms with E-state index < -0.39 is 5.60 Å². The van der Waals surface area contributed by atoms with Crippen molar-refractivity contribution in [1.29, 1.82) is 0 Å². The minimum absolute atomic E-state index is 0.0871. The number of benzene rings is 1. The Hall–Kier alpha value is -2.34. The minimum Gasteiger partial charge on any atom is -0.444 e. The summed E-state index contributed by atoms with van der Waals surface area (Å²) in [6.45, 7) is 7.21. The average Bonchev–Trinajstić information content (AvgIpc) is 2.96. The fourth-order valence-corrected chi connectivity index (χ4v) is 2.77. The zero-order valence-electron chi connectivity index (χ0n) is 16.6. The van der Waals surface area contributed by atoms with Crippen LogP contribution in [0.15, 0.2) is 30.4 Å². The highest BCUT2D eigenvalue weighted by molar-refractivity contribution is 6.01. The van der Waals surface area contributed by atoms with E-state index in [0.717, 1.165) is 16.8 Å². The molecule has 142 valence electrons. The number of carbonyl (C=O) groups excluding carboxylic acids is 2. The fraction of sp³-hybridized carbons (Fsp3) is 0.500. The van der Waals surface area contributed by atoms with Crippen LogP contribution in [-0.4, -0.2) is 55.1 Å². The van der Waals surface area contributed by atoms with Gasteiger partial charge in [-0.25, -0.2) is 4.79 Å². The molecule has 1 aromatic rings. The van der Waals surface area contributed by atoms with Gasteiger partial charge < -0.3 is 14.5 Å². The summed E-state index contributed by atoms with van der Waals surface area (Å²) in [7, 11) is 5.66. The van der Waals surface area contributed by atoms with E-state index >= 15 is 0 Å². The Morgan fingerprint density at radius 1 is 1.19 bits per heavy atom. The molecule has 0 fully saturated rings. The summed E-state index contributed by atoms with van der Waals surface area (Å²) in [6, 6.07) is 5.82. The van der Waals surface area contributed by atoms with Crippen molar-refractivity contribution in [2.75, 3.05) is 32.6 Å². The molecule has 0 atom stereocenters. The van der Waals surface area contributed by atoms with Crippen LogP contribution in [-0.2, 0) is 22.6 Å². The molecule has 26 heavy (non-hydrogen) atoms. The van der Waals surface area contributed by atoms with E-state index in [-0.39, 0.29) is 12.0 Å². The molecular formula is C20H29N3O3. The van der Waals surface area contributed by atoms with E-state index in [9.17, 15) is 9.59 Å². The SMILES string of the molecule is CN(C)C/C=C/C(=O)N(C)c1cccc2c1CN(C(=O)OC(C)(C)C)C2. The third-order valence-electron chi connectivity index (χ3n) is 4.03. The Kier molecular flexibility index (Phi) is 6.08. The van der Waals surface area contributed by atoms with Crippen LogP contribution in [0.5, 0.6) is 0 Å². The van der Waals surface area contributed by atoms with Crippen molar-refractivity contribution in [2.24, 2.45) is 0 Å². The molecule has 0 radical (unpaired) electrons. The number of rotatable bonds is 4. The van der Waals surface area contributed by atoms with Gasteiger partial charge in [-0.05, 0) is 46.5 Å². The van der Waals surface area contributed by atoms with Gasteiger partial charge in [0.25, 0.3) is 0 Å². The predicted octanol–water partition coefficient (Wildman–Crippen LogP) is 3.02. The smallest absolute Gasteiger partial charge is 0.410 e. The Bertz CT molecular complexity index is 705. The predicted molar refractivity (Wildman–Crippen MR) is 103 cm³/mol. The van der Waals surface area contributed by atoms with Gasteiger partial charge >= 0.3 is 6.09 Å². The van der Waals surface area contributed by atoms with Crippen molar-refractivity contribution in [3.05, 3.63) is 41.5 Å². The molecule has 1 heterocycles. The Labute approximate surface area is 156 Å². The van der Waals surface area contributed by atoms with Gasteiger partial charge in [0.05, 0.1) is 6.54 Å². The summed E-state index contributed by atoms with van der Waals surface area (Å²) in [6.07, 6.45) is 3.09. The van der Waals surface area contributed by atoms with E-state index in [2.05, 4.69) is 0 Å². The molecule has 1 aliphatic heterocycles. The topological polar surface area (TPSA) is 53.1 Å². The lowest BCUT2D eigenvalue weighted by Crippen LogP contribution is -2.33. The van der Waals surface area contributed by atoms with Crippen molar-refractivity contribution >= 4 is 17.7 Å². The van der Waals surface area contributed by atoms with Crippen molar-refractivity contribution in [2.45, 2.75) is 39.5 Å². The van der Waals surface area contributed by atoms with Gasteiger partial charge in [0, 0.05) is 37.5 Å². The monoisotopic (exact) mass is 359 g/mol. The first-order valence-electron chi connectivity index (χ1n) is 8.76. The fourth-order valence-electron chi connectivity index (χ4n) is 2.77. The highest BCUT2D eigenvalue weighted by Crippen LogP contribution is 2.32. The molecule has 6 nitrogen and oxygen atoms in total. The zero-order chi connectivity index (χ0) is 19.5. The van der Waals surface area contributed by atoms with Gasteiger partial charge in [-0.2, -0.15) is 0 Å². The first-order chi connectivity index (χ1) is 12.1. The number of likely N-dealkylation sites (N-methyl/N-ethyl adjacent to an activating group) is 2. The minimum atomic E-state index is -0.529. The molecular weight excluding hydrogens is 330 g/mol. The van der Waals surface area contributed by atoms with Crippen molar-refractivity contribution in [1.82, 2.24) is 9.80 Å². The maximum atomic E-state index is 12.4. The molecule has 0 aliphatic carbocycles. The van der Waals surface area contributed by atoms with Crippen LogP contribution in [0.25, 0.3) is 0 Å². The van der Waals surface area contributed by atoms with Gasteiger partial charge in [0.2, 0.25) is 5.91 Å². The van der Waals surface area contributed by atoms with Crippen LogP contribution in [0.4, 0.5) is 10.5 Å². The van der Waals surface area contributed by atoms with Crippen LogP contribution in [0.3, 0.4) is 0 Å². The van der Waals surface area contributed by atoms with Crippen LogP contribution in [0.1, 0.15) is 31.9 Å². The Balaban J connectivity index is 2.14. The first kappa shape index (κ1) is 20.0. The maximum absolute atomic E-state index is 12.4. The molecule has 0 aromatic heterocycles. The number of anilines is 1. The van der Waals surface area contributed by atoms with E-state index in [1.807, 2.05) is 64.0 Å². The lowest BCUT2D eigenvalue weighted by atomic mass is 10.1. The summed E-state index contributed by atoms with van der Waals surface area (Å²) < 4.78 is 5.47. The van der Waals surface area contributed by atoms with Crippen molar-refractivity contribution in [3.8, 4) is 0 Å².